The number of hydrogen-bond donors (Lipinski definition) is 2. The molecule has 0 amide bonds. The highest BCUT2D eigenvalue weighted by Gasteiger charge is 2.40. The molecule has 2 N–H and O–H groups in total. The molecule has 29 heavy (non-hydrogen) atoms. The van der Waals surface area contributed by atoms with Crippen molar-refractivity contribution in [2.75, 3.05) is 11.9 Å². The molecule has 0 radical (unpaired) electrons. The molecule has 6 heteroatoms. The van der Waals surface area contributed by atoms with E-state index in [0.29, 0.717) is 0 Å². The van der Waals surface area contributed by atoms with E-state index in [4.69, 9.17) is 0 Å². The largest absolute Gasteiger partial charge is 0.381 e. The van der Waals surface area contributed by atoms with Crippen LogP contribution in [0.5, 0.6) is 0 Å². The monoisotopic (exact) mass is 498 g/mol. The van der Waals surface area contributed by atoms with Crippen molar-refractivity contribution in [3.8, 4) is 11.1 Å². The van der Waals surface area contributed by atoms with Gasteiger partial charge in [-0.15, -0.1) is 24.8 Å². The molecule has 2 aliphatic rings. The van der Waals surface area contributed by atoms with Crippen LogP contribution >= 0.6 is 40.7 Å². The minimum atomic E-state index is -0.355. The third kappa shape index (κ3) is 4.67. The van der Waals surface area contributed by atoms with E-state index in [2.05, 4.69) is 91.4 Å². The molecule has 1 heterocycles. The lowest BCUT2D eigenvalue weighted by Gasteiger charge is -2.47. The van der Waals surface area contributed by atoms with Gasteiger partial charge in [0.25, 0.3) is 0 Å². The minimum absolute atomic E-state index is 0. The zero-order valence-electron chi connectivity index (χ0n) is 17.3. The molecule has 0 unspecified atom stereocenters. The molecule has 0 atom stereocenters. The Morgan fingerprint density at radius 2 is 1.62 bits per heavy atom. The fourth-order valence-corrected chi connectivity index (χ4v) is 5.05. The van der Waals surface area contributed by atoms with Crippen LogP contribution in [0.4, 0.5) is 5.69 Å². The van der Waals surface area contributed by atoms with Crippen LogP contribution in [-0.4, -0.2) is 27.9 Å². The Bertz CT molecular complexity index is 940. The van der Waals surface area contributed by atoms with E-state index < -0.39 is 0 Å². The summed E-state index contributed by atoms with van der Waals surface area (Å²) < 4.78 is 1.14. The van der Waals surface area contributed by atoms with Gasteiger partial charge in [0.2, 0.25) is 0 Å². The van der Waals surface area contributed by atoms with Crippen LogP contribution in [-0.2, 0) is 6.42 Å². The molecular weight excluding hydrogens is 471 g/mol. The SMILES string of the molecule is CC1(C)C=C(CNc2ccc3c(c2)Cc2cc(Br)ccc2-3)CC(C)(C)N1O.Cl.Cl. The summed E-state index contributed by atoms with van der Waals surface area (Å²) in [5.74, 6) is 0. The van der Waals surface area contributed by atoms with Crippen molar-refractivity contribution >= 4 is 46.4 Å². The van der Waals surface area contributed by atoms with Crippen LogP contribution in [0.25, 0.3) is 11.1 Å². The lowest BCUT2D eigenvalue weighted by atomic mass is 9.83. The van der Waals surface area contributed by atoms with E-state index in [1.54, 1.807) is 0 Å². The quantitative estimate of drug-likeness (QED) is 0.386. The number of hydrogen-bond acceptors (Lipinski definition) is 3. The van der Waals surface area contributed by atoms with Crippen molar-refractivity contribution in [3.05, 3.63) is 63.6 Å². The van der Waals surface area contributed by atoms with Gasteiger partial charge in [0, 0.05) is 22.2 Å². The number of rotatable bonds is 3. The van der Waals surface area contributed by atoms with E-state index in [1.165, 1.54) is 32.9 Å². The normalized spacial score (nSPS) is 18.6. The highest BCUT2D eigenvalue weighted by Crippen LogP contribution is 2.39. The molecule has 1 aliphatic heterocycles. The van der Waals surface area contributed by atoms with Gasteiger partial charge in [0.05, 0.1) is 5.54 Å². The van der Waals surface area contributed by atoms with Gasteiger partial charge in [-0.2, -0.15) is 5.06 Å². The second-order valence-electron chi connectivity index (χ2n) is 8.96. The maximum absolute atomic E-state index is 10.4. The molecule has 0 saturated carbocycles. The Hall–Kier alpha value is -1.04. The summed E-state index contributed by atoms with van der Waals surface area (Å²) >= 11 is 3.58. The van der Waals surface area contributed by atoms with Crippen LogP contribution in [0.2, 0.25) is 0 Å². The highest BCUT2D eigenvalue weighted by atomic mass is 79.9. The molecule has 0 saturated heterocycles. The summed E-state index contributed by atoms with van der Waals surface area (Å²) in [7, 11) is 0. The Morgan fingerprint density at radius 3 is 2.28 bits per heavy atom. The summed E-state index contributed by atoms with van der Waals surface area (Å²) in [6.07, 6.45) is 4.03. The fourth-order valence-electron chi connectivity index (χ4n) is 4.64. The second-order valence-corrected chi connectivity index (χ2v) is 9.88. The Morgan fingerprint density at radius 1 is 1.00 bits per heavy atom. The smallest absolute Gasteiger partial charge is 0.0592 e. The summed E-state index contributed by atoms with van der Waals surface area (Å²) in [6.45, 7) is 9.09. The third-order valence-corrected chi connectivity index (χ3v) is 6.19. The molecule has 0 bridgehead atoms. The van der Waals surface area contributed by atoms with Crippen LogP contribution in [0.1, 0.15) is 45.2 Å². The average molecular weight is 500 g/mol. The van der Waals surface area contributed by atoms with Crippen molar-refractivity contribution in [1.29, 1.82) is 0 Å². The van der Waals surface area contributed by atoms with Crippen LogP contribution < -0.4 is 5.32 Å². The second kappa shape index (κ2) is 8.60. The van der Waals surface area contributed by atoms with Gasteiger partial charge < -0.3 is 10.5 Å². The van der Waals surface area contributed by atoms with Crippen molar-refractivity contribution in [3.63, 3.8) is 0 Å². The van der Waals surface area contributed by atoms with Crippen LogP contribution in [0.15, 0.2) is 52.5 Å². The number of nitrogens with zero attached hydrogens (tertiary/aromatic N) is 1. The fraction of sp³-hybridized carbons (Fsp3) is 0.391. The molecule has 2 aromatic carbocycles. The van der Waals surface area contributed by atoms with Crippen LogP contribution in [0.3, 0.4) is 0 Å². The van der Waals surface area contributed by atoms with E-state index in [-0.39, 0.29) is 35.9 Å². The number of nitrogens with one attached hydrogen (secondary N) is 1. The molecule has 158 valence electrons. The summed E-state index contributed by atoms with van der Waals surface area (Å²) in [5, 5.41) is 15.5. The first-order chi connectivity index (χ1) is 12.7. The molecular formula is C23H29BrCl2N2O. The standard InChI is InChI=1S/C23H27BrN2O.2ClH/c1-22(2)12-15(13-23(3,4)26(22)27)14-25-19-6-8-21-17(11-19)9-16-10-18(24)5-7-20(16)21;;/h5-8,10-12,25,27H,9,13-14H2,1-4H3;2*1H. The first-order valence-corrected chi connectivity index (χ1v) is 10.3. The third-order valence-electron chi connectivity index (χ3n) is 5.70. The molecule has 0 fully saturated rings. The maximum atomic E-state index is 10.4. The summed E-state index contributed by atoms with van der Waals surface area (Å²) in [4.78, 5) is 0. The van der Waals surface area contributed by atoms with Crippen molar-refractivity contribution < 1.29 is 5.21 Å². The van der Waals surface area contributed by atoms with Gasteiger partial charge in [-0.25, -0.2) is 0 Å². The van der Waals surface area contributed by atoms with E-state index >= 15 is 0 Å². The first-order valence-electron chi connectivity index (χ1n) is 9.51. The number of anilines is 1. The van der Waals surface area contributed by atoms with Crippen molar-refractivity contribution in [2.24, 2.45) is 0 Å². The van der Waals surface area contributed by atoms with Crippen molar-refractivity contribution in [1.82, 2.24) is 5.06 Å². The molecule has 1 aliphatic carbocycles. The number of hydroxylamine groups is 2. The minimum Gasteiger partial charge on any atom is -0.381 e. The Balaban J connectivity index is 0.00000150. The molecule has 3 nitrogen and oxygen atoms in total. The maximum Gasteiger partial charge on any atom is 0.0592 e. The summed E-state index contributed by atoms with van der Waals surface area (Å²) in [5.41, 5.74) is 7.34. The topological polar surface area (TPSA) is 35.5 Å². The lowest BCUT2D eigenvalue weighted by Crippen LogP contribution is -2.55. The van der Waals surface area contributed by atoms with Crippen LogP contribution in [0, 0.1) is 0 Å². The van der Waals surface area contributed by atoms with Crippen molar-refractivity contribution in [2.45, 2.75) is 51.6 Å². The molecule has 2 aromatic rings. The van der Waals surface area contributed by atoms with Gasteiger partial charge in [-0.05, 0) is 87.1 Å². The van der Waals surface area contributed by atoms with Gasteiger partial charge >= 0.3 is 0 Å². The average Bonchev–Trinajstić information content (AvgIpc) is 2.93. The zero-order valence-corrected chi connectivity index (χ0v) is 20.5. The zero-order chi connectivity index (χ0) is 19.4. The predicted molar refractivity (Wildman–Crippen MR) is 130 cm³/mol. The Labute approximate surface area is 194 Å². The number of fused-ring (bicyclic) bond motifs is 3. The van der Waals surface area contributed by atoms with Gasteiger partial charge in [-0.3, -0.25) is 0 Å². The first kappa shape index (κ1) is 24.2. The number of halogens is 3. The predicted octanol–water partition coefficient (Wildman–Crippen LogP) is 6.85. The van der Waals surface area contributed by atoms with E-state index in [9.17, 15) is 5.21 Å². The lowest BCUT2D eigenvalue weighted by molar-refractivity contribution is -0.213. The highest BCUT2D eigenvalue weighted by molar-refractivity contribution is 9.10. The molecule has 0 spiro atoms. The molecule has 4 rings (SSSR count). The molecule has 0 aromatic heterocycles. The summed E-state index contributed by atoms with van der Waals surface area (Å²) in [6, 6.07) is 13.2. The number of benzene rings is 2. The van der Waals surface area contributed by atoms with Gasteiger partial charge in [0.1, 0.15) is 0 Å². The van der Waals surface area contributed by atoms with E-state index in [1.807, 2.05) is 0 Å². The Kier molecular flexibility index (Phi) is 7.19. The van der Waals surface area contributed by atoms with E-state index in [0.717, 1.165) is 29.5 Å². The van der Waals surface area contributed by atoms with Gasteiger partial charge in [-0.1, -0.05) is 39.7 Å². The van der Waals surface area contributed by atoms with Gasteiger partial charge in [0.15, 0.2) is 0 Å².